The predicted molar refractivity (Wildman–Crippen MR) is 185 cm³/mol. The van der Waals surface area contributed by atoms with Crippen molar-refractivity contribution < 1.29 is 19.0 Å². The minimum absolute atomic E-state index is 0.0466. The second kappa shape index (κ2) is 13.0. The fraction of sp³-hybridized carbons (Fsp3) is 0.417. The number of hydrogen-bond donors (Lipinski definition) is 2. The Hall–Kier alpha value is -5.10. The molecule has 2 saturated heterocycles. The zero-order chi connectivity index (χ0) is 34.5. The molecular weight excluding hydrogens is 641 g/mol. The van der Waals surface area contributed by atoms with Crippen molar-refractivity contribution in [3.05, 3.63) is 75.3 Å². The van der Waals surface area contributed by atoms with Crippen LogP contribution in [0.1, 0.15) is 40.2 Å². The Morgan fingerprint density at radius 1 is 1.10 bits per heavy atom. The lowest BCUT2D eigenvalue weighted by Gasteiger charge is -2.45. The second-order valence-electron chi connectivity index (χ2n) is 13.2. The summed E-state index contributed by atoms with van der Waals surface area (Å²) in [7, 11) is 1.54. The van der Waals surface area contributed by atoms with Crippen molar-refractivity contribution in [1.29, 1.82) is 0 Å². The third-order valence-corrected chi connectivity index (χ3v) is 10.4. The van der Waals surface area contributed by atoms with Gasteiger partial charge in [0.15, 0.2) is 5.82 Å². The zero-order valence-electron chi connectivity index (χ0n) is 27.8. The highest BCUT2D eigenvalue weighted by Gasteiger charge is 2.37. The highest BCUT2D eigenvalue weighted by molar-refractivity contribution is 6.06. The van der Waals surface area contributed by atoms with E-state index in [0.717, 1.165) is 63.5 Å². The summed E-state index contributed by atoms with van der Waals surface area (Å²) in [6.07, 6.45) is 12.4. The number of pyridine rings is 2. The maximum absolute atomic E-state index is 15.6. The minimum Gasteiger partial charge on any atom is -0.392 e. The van der Waals surface area contributed by atoms with Gasteiger partial charge in [-0.2, -0.15) is 5.10 Å². The van der Waals surface area contributed by atoms with Crippen LogP contribution in [0.15, 0.2) is 41.5 Å². The Kier molecular flexibility index (Phi) is 8.34. The average molecular weight is 680 g/mol. The Morgan fingerprint density at radius 2 is 1.94 bits per heavy atom. The lowest BCUT2D eigenvalue weighted by Crippen LogP contribution is -2.60. The number of nitrogens with one attached hydrogen (secondary N) is 1. The third kappa shape index (κ3) is 5.42. The van der Waals surface area contributed by atoms with Crippen LogP contribution in [0.5, 0.6) is 0 Å². The van der Waals surface area contributed by atoms with Gasteiger partial charge in [0, 0.05) is 68.4 Å². The van der Waals surface area contributed by atoms with Crippen molar-refractivity contribution in [2.24, 2.45) is 7.05 Å². The minimum atomic E-state index is -0.490. The molecule has 13 nitrogen and oxygen atoms in total. The Balaban J connectivity index is 1.05. The molecule has 0 aromatic carbocycles. The predicted octanol–water partition coefficient (Wildman–Crippen LogP) is 2.48. The van der Waals surface area contributed by atoms with Crippen molar-refractivity contribution in [3.8, 4) is 23.6 Å². The molecule has 4 aromatic heterocycles. The van der Waals surface area contributed by atoms with E-state index in [0.29, 0.717) is 47.2 Å². The first kappa shape index (κ1) is 32.1. The molecule has 0 radical (unpaired) electrons. The van der Waals surface area contributed by atoms with E-state index in [9.17, 15) is 14.7 Å². The molecule has 7 heterocycles. The van der Waals surface area contributed by atoms with E-state index in [1.165, 1.54) is 22.8 Å². The van der Waals surface area contributed by atoms with E-state index in [1.54, 1.807) is 24.4 Å². The number of hydrogen-bond acceptors (Lipinski definition) is 10. The van der Waals surface area contributed by atoms with Gasteiger partial charge in [0.2, 0.25) is 0 Å². The summed E-state index contributed by atoms with van der Waals surface area (Å²) in [5.74, 6) is 2.66. The molecule has 0 spiro atoms. The maximum atomic E-state index is 15.6. The molecule has 258 valence electrons. The van der Waals surface area contributed by atoms with E-state index >= 15 is 4.39 Å². The molecule has 50 heavy (non-hydrogen) atoms. The van der Waals surface area contributed by atoms with Gasteiger partial charge in [0.05, 0.1) is 43.4 Å². The maximum Gasteiger partial charge on any atom is 0.290 e. The number of nitrogens with zero attached hydrogens (tertiary/aromatic N) is 8. The summed E-state index contributed by atoms with van der Waals surface area (Å²) in [5, 5.41) is 18.2. The van der Waals surface area contributed by atoms with Crippen LogP contribution in [0.4, 0.5) is 27.4 Å². The van der Waals surface area contributed by atoms with Gasteiger partial charge in [-0.15, -0.1) is 6.42 Å². The first-order chi connectivity index (χ1) is 24.4. The summed E-state index contributed by atoms with van der Waals surface area (Å²) in [6.45, 7) is 4.14. The third-order valence-electron chi connectivity index (χ3n) is 10.4. The number of ether oxygens (including phenoxy) is 1. The quantitative estimate of drug-likeness (QED) is 0.281. The van der Waals surface area contributed by atoms with Crippen molar-refractivity contribution in [1.82, 2.24) is 29.2 Å². The van der Waals surface area contributed by atoms with Gasteiger partial charge in [-0.1, -0.05) is 5.92 Å². The Morgan fingerprint density at radius 3 is 2.68 bits per heavy atom. The van der Waals surface area contributed by atoms with Crippen molar-refractivity contribution in [3.63, 3.8) is 0 Å². The lowest BCUT2D eigenvalue weighted by atomic mass is 9.97. The second-order valence-corrected chi connectivity index (χ2v) is 13.2. The van der Waals surface area contributed by atoms with Crippen LogP contribution in [0.3, 0.4) is 0 Å². The van der Waals surface area contributed by atoms with E-state index in [4.69, 9.17) is 11.2 Å². The van der Waals surface area contributed by atoms with Crippen LogP contribution in [0, 0.1) is 18.2 Å². The van der Waals surface area contributed by atoms with Gasteiger partial charge in [-0.3, -0.25) is 19.4 Å². The molecule has 3 aliphatic heterocycles. The number of aliphatic hydroxyl groups excluding tert-OH is 1. The van der Waals surface area contributed by atoms with Crippen LogP contribution in [-0.2, 0) is 37.8 Å². The van der Waals surface area contributed by atoms with Gasteiger partial charge in [0.25, 0.3) is 11.5 Å². The molecule has 1 aliphatic carbocycles. The van der Waals surface area contributed by atoms with Crippen LogP contribution in [-0.4, -0.2) is 91.7 Å². The Bertz CT molecular complexity index is 2070. The van der Waals surface area contributed by atoms with Gasteiger partial charge in [0.1, 0.15) is 29.1 Å². The molecular formula is C36H38FN9O4. The fourth-order valence-electron chi connectivity index (χ4n) is 7.64. The molecule has 1 unspecified atom stereocenters. The smallest absolute Gasteiger partial charge is 0.290 e. The van der Waals surface area contributed by atoms with Gasteiger partial charge >= 0.3 is 0 Å². The van der Waals surface area contributed by atoms with Crippen LogP contribution in [0.25, 0.3) is 11.3 Å². The van der Waals surface area contributed by atoms with Crippen molar-refractivity contribution >= 4 is 28.9 Å². The van der Waals surface area contributed by atoms with E-state index in [-0.39, 0.29) is 35.3 Å². The number of piperazine rings is 1. The normalized spacial score (nSPS) is 19.5. The molecule has 4 aromatic rings. The van der Waals surface area contributed by atoms with Crippen molar-refractivity contribution in [2.45, 2.75) is 50.9 Å². The molecule has 2 fully saturated rings. The number of aryl methyl sites for hydroxylation is 1. The zero-order valence-corrected chi connectivity index (χ0v) is 27.8. The number of carbonyl (C=O) groups excluding carboxylic acids is 1. The molecule has 1 atom stereocenters. The fourth-order valence-corrected chi connectivity index (χ4v) is 7.64. The summed E-state index contributed by atoms with van der Waals surface area (Å²) in [5.41, 5.74) is 3.53. The van der Waals surface area contributed by atoms with Gasteiger partial charge in [-0.05, 0) is 49.9 Å². The molecule has 2 N–H and O–H groups in total. The summed E-state index contributed by atoms with van der Waals surface area (Å²) in [4.78, 5) is 42.1. The summed E-state index contributed by atoms with van der Waals surface area (Å²) >= 11 is 0. The molecule has 1 amide bonds. The number of amides is 1. The van der Waals surface area contributed by atoms with Crippen LogP contribution < -0.4 is 20.7 Å². The topological polar surface area (TPSA) is 134 Å². The molecule has 14 heteroatoms. The van der Waals surface area contributed by atoms with Crippen LogP contribution in [0.2, 0.25) is 0 Å². The van der Waals surface area contributed by atoms with E-state index < -0.39 is 18.3 Å². The number of terminal acetylenes is 1. The number of aliphatic hydroxyl groups is 1. The monoisotopic (exact) mass is 679 g/mol. The number of aromatic nitrogens is 5. The number of halogens is 1. The molecule has 8 rings (SSSR count). The largest absolute Gasteiger partial charge is 0.392 e. The van der Waals surface area contributed by atoms with Crippen molar-refractivity contribution in [2.75, 3.05) is 54.5 Å². The summed E-state index contributed by atoms with van der Waals surface area (Å²) in [6, 6.07) is 7.32. The average Bonchev–Trinajstić information content (AvgIpc) is 3.41. The lowest BCUT2D eigenvalue weighted by molar-refractivity contribution is -0.0680. The van der Waals surface area contributed by atoms with E-state index in [2.05, 4.69) is 36.1 Å². The number of carbonyl (C=O) groups is 1. The van der Waals surface area contributed by atoms with Gasteiger partial charge in [-0.25, -0.2) is 19.0 Å². The first-order valence-corrected chi connectivity index (χ1v) is 17.0. The SMILES string of the molecule is C#CC1CN(C2COC2)CCN1c1ccc(Nc2cc(-c3ccnc(N4CCn5c6c(c(F)c5C4=O)CCCC6)c3CO)nn(C)c2=O)nc1. The number of fused-ring (bicyclic) bond motifs is 3. The standard InChI is InChI=1S/C36H38FN9O4/c1-3-22-18-43(24-20-50-21-24)12-13-44(22)23-8-9-31(39-17-23)40-29-16-28(41-42(2)35(29)48)25-10-11-38-34(27(25)19-47)46-15-14-45-30-7-5-4-6-26(30)32(37)33(45)36(46)49/h1,8-11,16-17,22,24,47H,4-7,12-15,18-21H2,2H3,(H,39,40). The van der Waals surface area contributed by atoms with E-state index in [1.807, 2.05) is 10.6 Å². The first-order valence-electron chi connectivity index (χ1n) is 17.0. The highest BCUT2D eigenvalue weighted by Crippen LogP contribution is 2.36. The van der Waals surface area contributed by atoms with Gasteiger partial charge < -0.3 is 24.6 Å². The summed E-state index contributed by atoms with van der Waals surface area (Å²) < 4.78 is 23.9. The molecule has 0 saturated carbocycles. The number of rotatable bonds is 7. The highest BCUT2D eigenvalue weighted by atomic mass is 19.1. The molecule has 0 bridgehead atoms. The Labute approximate surface area is 288 Å². The number of anilines is 4. The molecule has 4 aliphatic rings. The van der Waals surface area contributed by atoms with Crippen LogP contribution >= 0.6 is 0 Å².